The summed E-state index contributed by atoms with van der Waals surface area (Å²) in [5.41, 5.74) is 1.32. The number of benzene rings is 1. The summed E-state index contributed by atoms with van der Waals surface area (Å²) in [4.78, 5) is 20.6. The second-order valence-corrected chi connectivity index (χ2v) is 3.30. The van der Waals surface area contributed by atoms with Gasteiger partial charge in [-0.3, -0.25) is 0 Å². The standard InChI is InChI=1S/C14H12O4/c1-18-13-7-5-11(4-2-3-9-15)10-12(13)6-8-14(16)17/h5-10H,3H2,1H3,(H,16,17)/b8-6+. The van der Waals surface area contributed by atoms with Gasteiger partial charge in [0.05, 0.1) is 13.5 Å². The van der Waals surface area contributed by atoms with Crippen molar-refractivity contribution in [3.63, 3.8) is 0 Å². The number of carboxylic acid groups (broad SMARTS) is 1. The Bertz CT molecular complexity index is 532. The van der Waals surface area contributed by atoms with Crippen molar-refractivity contribution in [3.05, 3.63) is 35.4 Å². The smallest absolute Gasteiger partial charge is 0.328 e. The number of carboxylic acids is 1. The molecule has 18 heavy (non-hydrogen) atoms. The summed E-state index contributed by atoms with van der Waals surface area (Å²) in [6, 6.07) is 5.15. The molecular formula is C14H12O4. The van der Waals surface area contributed by atoms with Crippen molar-refractivity contribution in [2.24, 2.45) is 0 Å². The SMILES string of the molecule is COc1ccc(C#CCC=O)cc1/C=C/C(=O)O. The Balaban J connectivity index is 3.06. The molecule has 1 aromatic rings. The van der Waals surface area contributed by atoms with Gasteiger partial charge in [0.2, 0.25) is 0 Å². The number of hydrogen-bond acceptors (Lipinski definition) is 3. The topological polar surface area (TPSA) is 63.6 Å². The molecule has 0 amide bonds. The number of carbonyl (C=O) groups is 2. The van der Waals surface area contributed by atoms with E-state index >= 15 is 0 Å². The minimum Gasteiger partial charge on any atom is -0.496 e. The lowest BCUT2D eigenvalue weighted by atomic mass is 10.1. The van der Waals surface area contributed by atoms with Crippen LogP contribution in [0.4, 0.5) is 0 Å². The molecule has 0 unspecified atom stereocenters. The molecule has 0 aliphatic heterocycles. The molecule has 0 fully saturated rings. The Morgan fingerprint density at radius 1 is 1.50 bits per heavy atom. The van der Waals surface area contributed by atoms with Crippen LogP contribution in [0.1, 0.15) is 17.5 Å². The number of ether oxygens (including phenoxy) is 1. The molecule has 0 spiro atoms. The van der Waals surface area contributed by atoms with Crippen LogP contribution in [-0.4, -0.2) is 24.5 Å². The van der Waals surface area contributed by atoms with Gasteiger partial charge < -0.3 is 14.6 Å². The maximum absolute atomic E-state index is 10.5. The van der Waals surface area contributed by atoms with Gasteiger partial charge >= 0.3 is 5.97 Å². The minimum absolute atomic E-state index is 0.173. The quantitative estimate of drug-likeness (QED) is 0.497. The predicted molar refractivity (Wildman–Crippen MR) is 67.2 cm³/mol. The molecule has 0 aliphatic rings. The van der Waals surface area contributed by atoms with Gasteiger partial charge in [0, 0.05) is 17.2 Å². The number of hydrogen-bond donors (Lipinski definition) is 1. The molecule has 1 aromatic carbocycles. The van der Waals surface area contributed by atoms with Crippen LogP contribution in [0.2, 0.25) is 0 Å². The second-order valence-electron chi connectivity index (χ2n) is 3.30. The molecule has 1 rings (SSSR count). The Morgan fingerprint density at radius 3 is 2.89 bits per heavy atom. The highest BCUT2D eigenvalue weighted by Crippen LogP contribution is 2.21. The maximum atomic E-state index is 10.5. The van der Waals surface area contributed by atoms with Gasteiger partial charge in [0.15, 0.2) is 0 Å². The van der Waals surface area contributed by atoms with Crippen LogP contribution >= 0.6 is 0 Å². The number of aliphatic carboxylic acids is 1. The summed E-state index contributed by atoms with van der Waals surface area (Å²) in [5, 5.41) is 8.59. The van der Waals surface area contributed by atoms with E-state index in [1.807, 2.05) is 0 Å². The van der Waals surface area contributed by atoms with Crippen LogP contribution in [0.5, 0.6) is 5.75 Å². The predicted octanol–water partition coefficient (Wildman–Crippen LogP) is 1.73. The van der Waals surface area contributed by atoms with Crippen molar-refractivity contribution in [1.82, 2.24) is 0 Å². The summed E-state index contributed by atoms with van der Waals surface area (Å²) in [5.74, 6) is 5.02. The number of carbonyl (C=O) groups excluding carboxylic acids is 1. The zero-order valence-electron chi connectivity index (χ0n) is 9.84. The lowest BCUT2D eigenvalue weighted by molar-refractivity contribution is -0.131. The first kappa shape index (κ1) is 13.5. The van der Waals surface area contributed by atoms with E-state index < -0.39 is 5.97 Å². The Morgan fingerprint density at radius 2 is 2.28 bits per heavy atom. The summed E-state index contributed by atoms with van der Waals surface area (Å²) in [6.07, 6.45) is 3.36. The highest BCUT2D eigenvalue weighted by molar-refractivity contribution is 5.86. The van der Waals surface area contributed by atoms with Crippen LogP contribution < -0.4 is 4.74 Å². The molecule has 0 heterocycles. The van der Waals surface area contributed by atoms with Gasteiger partial charge in [-0.25, -0.2) is 4.79 Å². The van der Waals surface area contributed by atoms with Crippen LogP contribution in [0.3, 0.4) is 0 Å². The van der Waals surface area contributed by atoms with Crippen molar-refractivity contribution >= 4 is 18.3 Å². The third-order valence-corrected chi connectivity index (χ3v) is 2.05. The molecule has 1 N–H and O–H groups in total. The minimum atomic E-state index is -1.03. The maximum Gasteiger partial charge on any atom is 0.328 e. The van der Waals surface area contributed by atoms with Crippen molar-refractivity contribution in [1.29, 1.82) is 0 Å². The Kier molecular flexibility index (Phi) is 5.20. The largest absolute Gasteiger partial charge is 0.496 e. The number of methoxy groups -OCH3 is 1. The van der Waals surface area contributed by atoms with Gasteiger partial charge in [0.25, 0.3) is 0 Å². The molecule has 0 saturated heterocycles. The summed E-state index contributed by atoms with van der Waals surface area (Å²) in [7, 11) is 1.51. The Labute approximate surface area is 105 Å². The van der Waals surface area contributed by atoms with E-state index in [2.05, 4.69) is 11.8 Å². The summed E-state index contributed by atoms with van der Waals surface area (Å²) in [6.45, 7) is 0. The van der Waals surface area contributed by atoms with E-state index in [0.717, 1.165) is 12.4 Å². The molecule has 4 nitrogen and oxygen atoms in total. The molecule has 0 aliphatic carbocycles. The molecule has 0 radical (unpaired) electrons. The zero-order valence-corrected chi connectivity index (χ0v) is 9.84. The fourth-order valence-corrected chi connectivity index (χ4v) is 1.30. The van der Waals surface area contributed by atoms with E-state index in [1.165, 1.54) is 13.2 Å². The summed E-state index contributed by atoms with van der Waals surface area (Å²) < 4.78 is 5.11. The first-order valence-corrected chi connectivity index (χ1v) is 5.19. The molecule has 0 bridgehead atoms. The van der Waals surface area contributed by atoms with Crippen molar-refractivity contribution in [3.8, 4) is 17.6 Å². The zero-order chi connectivity index (χ0) is 13.4. The van der Waals surface area contributed by atoms with Gasteiger partial charge in [-0.2, -0.15) is 0 Å². The summed E-state index contributed by atoms with van der Waals surface area (Å²) >= 11 is 0. The van der Waals surface area contributed by atoms with E-state index in [4.69, 9.17) is 9.84 Å². The molecule has 92 valence electrons. The lowest BCUT2D eigenvalue weighted by Gasteiger charge is -2.04. The van der Waals surface area contributed by atoms with Gasteiger partial charge in [-0.05, 0) is 24.3 Å². The van der Waals surface area contributed by atoms with Crippen LogP contribution in [0, 0.1) is 11.8 Å². The van der Waals surface area contributed by atoms with Crippen molar-refractivity contribution in [2.45, 2.75) is 6.42 Å². The highest BCUT2D eigenvalue weighted by Gasteiger charge is 2.01. The fraction of sp³-hybridized carbons (Fsp3) is 0.143. The third-order valence-electron chi connectivity index (χ3n) is 2.05. The van der Waals surface area contributed by atoms with Gasteiger partial charge in [-0.15, -0.1) is 0 Å². The lowest BCUT2D eigenvalue weighted by Crippen LogP contribution is -1.90. The van der Waals surface area contributed by atoms with Crippen LogP contribution in [0.25, 0.3) is 6.08 Å². The normalized spacial score (nSPS) is 9.61. The highest BCUT2D eigenvalue weighted by atomic mass is 16.5. The van der Waals surface area contributed by atoms with Crippen molar-refractivity contribution < 1.29 is 19.4 Å². The average Bonchev–Trinajstić information content (AvgIpc) is 2.37. The monoisotopic (exact) mass is 244 g/mol. The molecule has 0 saturated carbocycles. The molecule has 4 heteroatoms. The fourth-order valence-electron chi connectivity index (χ4n) is 1.30. The average molecular weight is 244 g/mol. The first-order valence-electron chi connectivity index (χ1n) is 5.19. The molecule has 0 aromatic heterocycles. The van der Waals surface area contributed by atoms with E-state index in [-0.39, 0.29) is 6.42 Å². The van der Waals surface area contributed by atoms with E-state index in [0.29, 0.717) is 16.9 Å². The number of aldehydes is 1. The third kappa shape index (κ3) is 4.14. The van der Waals surface area contributed by atoms with E-state index in [9.17, 15) is 9.59 Å². The van der Waals surface area contributed by atoms with Crippen LogP contribution in [0.15, 0.2) is 24.3 Å². The molecule has 0 atom stereocenters. The number of rotatable bonds is 4. The Hall–Kier alpha value is -2.54. The van der Waals surface area contributed by atoms with E-state index in [1.54, 1.807) is 18.2 Å². The van der Waals surface area contributed by atoms with Crippen LogP contribution in [-0.2, 0) is 9.59 Å². The van der Waals surface area contributed by atoms with Gasteiger partial charge in [0.1, 0.15) is 12.0 Å². The molecular weight excluding hydrogens is 232 g/mol. The van der Waals surface area contributed by atoms with Gasteiger partial charge in [-0.1, -0.05) is 11.8 Å². The second kappa shape index (κ2) is 6.92. The van der Waals surface area contributed by atoms with Crippen molar-refractivity contribution in [2.75, 3.05) is 7.11 Å². The first-order chi connectivity index (χ1) is 8.67.